The predicted octanol–water partition coefficient (Wildman–Crippen LogP) is 1.55. The Morgan fingerprint density at radius 2 is 1.75 bits per heavy atom. The Hall–Kier alpha value is -2.43. The van der Waals surface area contributed by atoms with E-state index in [9.17, 15) is 9.90 Å². The van der Waals surface area contributed by atoms with Gasteiger partial charge in [0.05, 0.1) is 11.1 Å². The molecule has 5 nitrogen and oxygen atoms in total. The van der Waals surface area contributed by atoms with Crippen molar-refractivity contribution in [1.82, 2.24) is 9.97 Å². The van der Waals surface area contributed by atoms with Crippen LogP contribution in [0.2, 0.25) is 0 Å². The summed E-state index contributed by atoms with van der Waals surface area (Å²) in [4.78, 5) is 18.3. The van der Waals surface area contributed by atoms with Gasteiger partial charge in [-0.15, -0.1) is 0 Å². The van der Waals surface area contributed by atoms with E-state index in [4.69, 9.17) is 5.11 Å². The summed E-state index contributed by atoms with van der Waals surface area (Å²) in [5.74, 6) is -0.725. The molecule has 5 heteroatoms. The summed E-state index contributed by atoms with van der Waals surface area (Å²) >= 11 is 0. The van der Waals surface area contributed by atoms with Crippen molar-refractivity contribution in [2.75, 3.05) is 0 Å². The molecule has 16 heavy (non-hydrogen) atoms. The highest BCUT2D eigenvalue weighted by atomic mass is 16.4. The van der Waals surface area contributed by atoms with Gasteiger partial charge in [0.15, 0.2) is 5.82 Å². The maximum atomic E-state index is 10.6. The number of nitrogens with zero attached hydrogens (tertiary/aromatic N) is 2. The molecule has 1 heterocycles. The average Bonchev–Trinajstić information content (AvgIpc) is 2.30. The van der Waals surface area contributed by atoms with Crippen LogP contribution < -0.4 is 0 Å². The first kappa shape index (κ1) is 10.1. The Balaban J connectivity index is 2.43. The molecule has 0 unspecified atom stereocenters. The molecule has 0 aliphatic heterocycles. The number of carboxylic acids is 1. The first-order valence-corrected chi connectivity index (χ1v) is 4.52. The number of phenols is 1. The van der Waals surface area contributed by atoms with Gasteiger partial charge in [-0.25, -0.2) is 14.8 Å². The molecule has 2 rings (SSSR count). The van der Waals surface area contributed by atoms with E-state index in [1.807, 2.05) is 0 Å². The number of hydrogen-bond donors (Lipinski definition) is 2. The van der Waals surface area contributed by atoms with Crippen LogP contribution in [0.25, 0.3) is 11.4 Å². The minimum atomic E-state index is -1.08. The summed E-state index contributed by atoms with van der Waals surface area (Å²) < 4.78 is 0. The third-order valence-electron chi connectivity index (χ3n) is 2.04. The molecular weight excluding hydrogens is 208 g/mol. The second-order valence-electron chi connectivity index (χ2n) is 3.12. The van der Waals surface area contributed by atoms with Gasteiger partial charge in [0, 0.05) is 12.4 Å². The molecule has 0 amide bonds. The van der Waals surface area contributed by atoms with Gasteiger partial charge in [-0.3, -0.25) is 0 Å². The summed E-state index contributed by atoms with van der Waals surface area (Å²) in [6.07, 6.45) is 2.41. The normalized spacial score (nSPS) is 10.0. The summed E-state index contributed by atoms with van der Waals surface area (Å²) in [6.45, 7) is 0. The van der Waals surface area contributed by atoms with Crippen molar-refractivity contribution in [1.29, 1.82) is 0 Å². The molecule has 0 fully saturated rings. The molecule has 0 spiro atoms. The molecule has 0 aliphatic carbocycles. The Kier molecular flexibility index (Phi) is 2.51. The van der Waals surface area contributed by atoms with Crippen LogP contribution >= 0.6 is 0 Å². The van der Waals surface area contributed by atoms with Crippen molar-refractivity contribution in [3.63, 3.8) is 0 Å². The zero-order chi connectivity index (χ0) is 11.5. The Bertz CT molecular complexity index is 523. The lowest BCUT2D eigenvalue weighted by molar-refractivity contribution is 0.0696. The van der Waals surface area contributed by atoms with Crippen LogP contribution in [0, 0.1) is 0 Å². The Labute approximate surface area is 91.0 Å². The molecule has 0 saturated carbocycles. The number of aromatic nitrogens is 2. The van der Waals surface area contributed by atoms with Crippen LogP contribution in [0.4, 0.5) is 0 Å². The lowest BCUT2D eigenvalue weighted by Crippen LogP contribution is -1.99. The number of benzene rings is 1. The number of carbonyl (C=O) groups is 1. The van der Waals surface area contributed by atoms with E-state index < -0.39 is 5.97 Å². The summed E-state index contributed by atoms with van der Waals surface area (Å²) in [5.41, 5.74) is 0.485. The van der Waals surface area contributed by atoms with E-state index >= 15 is 0 Å². The van der Waals surface area contributed by atoms with Crippen molar-refractivity contribution in [2.24, 2.45) is 0 Å². The molecule has 0 bridgehead atoms. The minimum absolute atomic E-state index is 0.0131. The van der Waals surface area contributed by atoms with Crippen molar-refractivity contribution in [2.45, 2.75) is 0 Å². The molecule has 0 radical (unpaired) electrons. The van der Waals surface area contributed by atoms with Crippen LogP contribution in [0.5, 0.6) is 5.75 Å². The van der Waals surface area contributed by atoms with Crippen molar-refractivity contribution >= 4 is 5.97 Å². The number of aromatic carboxylic acids is 1. The molecular formula is C11H8N2O3. The highest BCUT2D eigenvalue weighted by molar-refractivity contribution is 5.87. The lowest BCUT2D eigenvalue weighted by atomic mass is 10.2. The van der Waals surface area contributed by atoms with E-state index in [1.54, 1.807) is 18.2 Å². The first-order chi connectivity index (χ1) is 7.68. The van der Waals surface area contributed by atoms with Crippen LogP contribution in [0.15, 0.2) is 36.7 Å². The number of aromatic hydroxyl groups is 1. The second kappa shape index (κ2) is 3.98. The molecule has 1 aromatic carbocycles. The van der Waals surface area contributed by atoms with Gasteiger partial charge in [0.1, 0.15) is 5.75 Å². The fraction of sp³-hybridized carbons (Fsp3) is 0. The van der Waals surface area contributed by atoms with Crippen LogP contribution in [0.3, 0.4) is 0 Å². The molecule has 1 aromatic heterocycles. The highest BCUT2D eigenvalue weighted by Gasteiger charge is 2.08. The third kappa shape index (κ3) is 1.83. The number of hydrogen-bond acceptors (Lipinski definition) is 4. The smallest absolute Gasteiger partial charge is 0.338 e. The van der Waals surface area contributed by atoms with E-state index in [-0.39, 0.29) is 11.3 Å². The van der Waals surface area contributed by atoms with E-state index in [2.05, 4.69) is 9.97 Å². The highest BCUT2D eigenvalue weighted by Crippen LogP contribution is 2.24. The topological polar surface area (TPSA) is 83.3 Å². The molecule has 0 aliphatic rings. The zero-order valence-corrected chi connectivity index (χ0v) is 8.16. The lowest BCUT2D eigenvalue weighted by Gasteiger charge is -2.02. The van der Waals surface area contributed by atoms with Crippen LogP contribution in [0.1, 0.15) is 10.4 Å². The maximum absolute atomic E-state index is 10.6. The molecule has 0 saturated heterocycles. The van der Waals surface area contributed by atoms with E-state index in [0.29, 0.717) is 11.4 Å². The SMILES string of the molecule is O=C(O)c1cnc(-c2ccccc2O)nc1. The summed E-state index contributed by atoms with van der Waals surface area (Å²) in [5, 5.41) is 18.2. The molecule has 2 aromatic rings. The zero-order valence-electron chi connectivity index (χ0n) is 8.16. The fourth-order valence-corrected chi connectivity index (χ4v) is 1.24. The number of phenolic OH excluding ortho intramolecular Hbond substituents is 1. The fourth-order valence-electron chi connectivity index (χ4n) is 1.24. The predicted molar refractivity (Wildman–Crippen MR) is 56.1 cm³/mol. The monoisotopic (exact) mass is 216 g/mol. The molecule has 2 N–H and O–H groups in total. The van der Waals surface area contributed by atoms with E-state index in [0.717, 1.165) is 0 Å². The first-order valence-electron chi connectivity index (χ1n) is 4.52. The standard InChI is InChI=1S/C11H8N2O3/c14-9-4-2-1-3-8(9)10-12-5-7(6-13-10)11(15)16/h1-6,14H,(H,15,16). The number of para-hydroxylation sites is 1. The van der Waals surface area contributed by atoms with Gasteiger partial charge >= 0.3 is 5.97 Å². The second-order valence-corrected chi connectivity index (χ2v) is 3.12. The van der Waals surface area contributed by atoms with Gasteiger partial charge in [0.25, 0.3) is 0 Å². The van der Waals surface area contributed by atoms with E-state index in [1.165, 1.54) is 18.5 Å². The minimum Gasteiger partial charge on any atom is -0.507 e. The summed E-state index contributed by atoms with van der Waals surface area (Å²) in [7, 11) is 0. The Morgan fingerprint density at radius 3 is 2.31 bits per heavy atom. The molecule has 0 atom stereocenters. The van der Waals surface area contributed by atoms with Gasteiger partial charge in [-0.2, -0.15) is 0 Å². The quantitative estimate of drug-likeness (QED) is 0.795. The Morgan fingerprint density at radius 1 is 1.12 bits per heavy atom. The number of rotatable bonds is 2. The largest absolute Gasteiger partial charge is 0.507 e. The van der Waals surface area contributed by atoms with Gasteiger partial charge in [-0.05, 0) is 12.1 Å². The van der Waals surface area contributed by atoms with Crippen molar-refractivity contribution in [3.8, 4) is 17.1 Å². The van der Waals surface area contributed by atoms with Gasteiger partial charge in [0.2, 0.25) is 0 Å². The van der Waals surface area contributed by atoms with Crippen molar-refractivity contribution < 1.29 is 15.0 Å². The van der Waals surface area contributed by atoms with Gasteiger partial charge in [-0.1, -0.05) is 12.1 Å². The van der Waals surface area contributed by atoms with Crippen LogP contribution in [-0.2, 0) is 0 Å². The maximum Gasteiger partial charge on any atom is 0.338 e. The average molecular weight is 216 g/mol. The van der Waals surface area contributed by atoms with Gasteiger partial charge < -0.3 is 10.2 Å². The summed E-state index contributed by atoms with van der Waals surface area (Å²) in [6, 6.07) is 6.60. The van der Waals surface area contributed by atoms with Crippen molar-refractivity contribution in [3.05, 3.63) is 42.2 Å². The third-order valence-corrected chi connectivity index (χ3v) is 2.04. The van der Waals surface area contributed by atoms with Crippen LogP contribution in [-0.4, -0.2) is 26.2 Å². The number of carboxylic acid groups (broad SMARTS) is 1. The molecule has 80 valence electrons.